The molecule has 3 heteroatoms. The summed E-state index contributed by atoms with van der Waals surface area (Å²) in [5.41, 5.74) is 0.569. The number of hydrogen-bond acceptors (Lipinski definition) is 2. The molecule has 2 aromatic carbocycles. The first kappa shape index (κ1) is 13.6. The molecule has 0 fully saturated rings. The minimum Gasteiger partial charge on any atom is -0.457 e. The third-order valence-electron chi connectivity index (χ3n) is 2.78. The molecule has 0 aliphatic heterocycles. The van der Waals surface area contributed by atoms with E-state index in [-0.39, 0.29) is 5.82 Å². The maximum atomic E-state index is 13.9. The molecular weight excluding hydrogens is 241 g/mol. The molecule has 0 spiro atoms. The fourth-order valence-electron chi connectivity index (χ4n) is 1.81. The van der Waals surface area contributed by atoms with E-state index in [0.29, 0.717) is 23.6 Å². The van der Waals surface area contributed by atoms with Crippen LogP contribution in [-0.4, -0.2) is 6.54 Å². The van der Waals surface area contributed by atoms with Gasteiger partial charge < -0.3 is 10.1 Å². The minimum absolute atomic E-state index is 0.239. The van der Waals surface area contributed by atoms with Crippen LogP contribution in [0.15, 0.2) is 48.5 Å². The molecule has 0 saturated heterocycles. The molecule has 0 aliphatic carbocycles. The Morgan fingerprint density at radius 1 is 1.05 bits per heavy atom. The molecule has 2 nitrogen and oxygen atoms in total. The van der Waals surface area contributed by atoms with E-state index in [9.17, 15) is 4.39 Å². The van der Waals surface area contributed by atoms with Gasteiger partial charge in [0.1, 0.15) is 17.3 Å². The van der Waals surface area contributed by atoms with Gasteiger partial charge in [0.05, 0.1) is 0 Å². The van der Waals surface area contributed by atoms with Crippen LogP contribution in [0.5, 0.6) is 11.5 Å². The summed E-state index contributed by atoms with van der Waals surface area (Å²) in [6.45, 7) is 3.41. The quantitative estimate of drug-likeness (QED) is 0.788. The van der Waals surface area contributed by atoms with E-state index < -0.39 is 0 Å². The summed E-state index contributed by atoms with van der Waals surface area (Å²) in [4.78, 5) is 0. The van der Waals surface area contributed by atoms with Crippen molar-refractivity contribution in [2.75, 3.05) is 6.54 Å². The largest absolute Gasteiger partial charge is 0.457 e. The van der Waals surface area contributed by atoms with Crippen LogP contribution >= 0.6 is 0 Å². The highest BCUT2D eigenvalue weighted by atomic mass is 19.1. The van der Waals surface area contributed by atoms with Gasteiger partial charge in [-0.15, -0.1) is 0 Å². The average molecular weight is 259 g/mol. The summed E-state index contributed by atoms with van der Waals surface area (Å²) in [7, 11) is 0. The van der Waals surface area contributed by atoms with Crippen LogP contribution in [0, 0.1) is 5.82 Å². The molecule has 2 rings (SSSR count). The van der Waals surface area contributed by atoms with Crippen molar-refractivity contribution < 1.29 is 9.13 Å². The first-order valence-corrected chi connectivity index (χ1v) is 6.52. The van der Waals surface area contributed by atoms with Gasteiger partial charge in [-0.1, -0.05) is 31.2 Å². The van der Waals surface area contributed by atoms with E-state index >= 15 is 0 Å². The van der Waals surface area contributed by atoms with E-state index in [1.54, 1.807) is 12.1 Å². The fourth-order valence-corrected chi connectivity index (χ4v) is 1.81. The highest BCUT2D eigenvalue weighted by molar-refractivity contribution is 5.38. The molecule has 0 radical (unpaired) electrons. The van der Waals surface area contributed by atoms with Gasteiger partial charge in [-0.05, 0) is 37.2 Å². The van der Waals surface area contributed by atoms with Crippen molar-refractivity contribution in [2.45, 2.75) is 19.9 Å². The average Bonchev–Trinajstić information content (AvgIpc) is 2.43. The van der Waals surface area contributed by atoms with Gasteiger partial charge >= 0.3 is 0 Å². The zero-order chi connectivity index (χ0) is 13.5. The lowest BCUT2D eigenvalue weighted by atomic mass is 10.2. The molecule has 19 heavy (non-hydrogen) atoms. The fraction of sp³-hybridized carbons (Fsp3) is 0.250. The number of ether oxygens (including phenoxy) is 1. The van der Waals surface area contributed by atoms with Crippen molar-refractivity contribution in [2.24, 2.45) is 0 Å². The third kappa shape index (κ3) is 3.80. The maximum Gasteiger partial charge on any atom is 0.134 e. The van der Waals surface area contributed by atoms with Crippen LogP contribution in [0.1, 0.15) is 18.9 Å². The predicted octanol–water partition coefficient (Wildman–Crippen LogP) is 4.12. The highest BCUT2D eigenvalue weighted by Gasteiger charge is 2.09. The molecule has 1 N–H and O–H groups in total. The molecule has 0 saturated carbocycles. The Balaban J connectivity index is 2.17. The molecule has 0 unspecified atom stereocenters. The zero-order valence-corrected chi connectivity index (χ0v) is 11.0. The highest BCUT2D eigenvalue weighted by Crippen LogP contribution is 2.26. The Morgan fingerprint density at radius 3 is 2.58 bits per heavy atom. The number of benzene rings is 2. The molecule has 0 atom stereocenters. The summed E-state index contributed by atoms with van der Waals surface area (Å²) in [6.07, 6.45) is 1.02. The van der Waals surface area contributed by atoms with E-state index in [1.165, 1.54) is 6.07 Å². The Hall–Kier alpha value is -1.87. The predicted molar refractivity (Wildman–Crippen MR) is 74.9 cm³/mol. The van der Waals surface area contributed by atoms with Gasteiger partial charge in [0, 0.05) is 12.1 Å². The van der Waals surface area contributed by atoms with Crippen LogP contribution in [0.2, 0.25) is 0 Å². The van der Waals surface area contributed by atoms with Crippen LogP contribution in [0.25, 0.3) is 0 Å². The van der Waals surface area contributed by atoms with Crippen molar-refractivity contribution in [1.29, 1.82) is 0 Å². The molecular formula is C16H18FNO. The Labute approximate surface area is 113 Å². The molecule has 2 aromatic rings. The van der Waals surface area contributed by atoms with Crippen LogP contribution in [-0.2, 0) is 6.54 Å². The monoisotopic (exact) mass is 259 g/mol. The number of para-hydroxylation sites is 1. The number of halogens is 1. The van der Waals surface area contributed by atoms with E-state index in [2.05, 4.69) is 12.2 Å². The maximum absolute atomic E-state index is 13.9. The second-order valence-electron chi connectivity index (χ2n) is 4.31. The second kappa shape index (κ2) is 6.90. The van der Waals surface area contributed by atoms with Gasteiger partial charge in [-0.25, -0.2) is 4.39 Å². The smallest absolute Gasteiger partial charge is 0.134 e. The van der Waals surface area contributed by atoms with Crippen LogP contribution in [0.4, 0.5) is 4.39 Å². The Bertz CT molecular complexity index is 513. The third-order valence-corrected chi connectivity index (χ3v) is 2.78. The van der Waals surface area contributed by atoms with Crippen LogP contribution in [0.3, 0.4) is 0 Å². The van der Waals surface area contributed by atoms with Gasteiger partial charge in [0.2, 0.25) is 0 Å². The van der Waals surface area contributed by atoms with Crippen molar-refractivity contribution in [3.8, 4) is 11.5 Å². The van der Waals surface area contributed by atoms with Crippen LogP contribution < -0.4 is 10.1 Å². The normalized spacial score (nSPS) is 10.4. The summed E-state index contributed by atoms with van der Waals surface area (Å²) in [6, 6.07) is 14.3. The molecule has 0 aliphatic rings. The van der Waals surface area contributed by atoms with Gasteiger partial charge in [0.15, 0.2) is 0 Å². The van der Waals surface area contributed by atoms with Gasteiger partial charge in [-0.2, -0.15) is 0 Å². The number of hydrogen-bond donors (Lipinski definition) is 1. The summed E-state index contributed by atoms with van der Waals surface area (Å²) >= 11 is 0. The lowest BCUT2D eigenvalue weighted by Crippen LogP contribution is -2.15. The molecule has 0 bridgehead atoms. The Kier molecular flexibility index (Phi) is 4.93. The SMILES string of the molecule is CCCNCc1c(F)cccc1Oc1ccccc1. The van der Waals surface area contributed by atoms with E-state index in [4.69, 9.17) is 4.74 Å². The lowest BCUT2D eigenvalue weighted by molar-refractivity contribution is 0.462. The number of nitrogens with one attached hydrogen (secondary N) is 1. The van der Waals surface area contributed by atoms with Crippen molar-refractivity contribution >= 4 is 0 Å². The first-order chi connectivity index (χ1) is 9.31. The molecule has 0 aromatic heterocycles. The Morgan fingerprint density at radius 2 is 1.84 bits per heavy atom. The topological polar surface area (TPSA) is 21.3 Å². The van der Waals surface area contributed by atoms with Crippen molar-refractivity contribution in [1.82, 2.24) is 5.32 Å². The molecule has 0 heterocycles. The lowest BCUT2D eigenvalue weighted by Gasteiger charge is -2.12. The minimum atomic E-state index is -0.239. The second-order valence-corrected chi connectivity index (χ2v) is 4.31. The van der Waals surface area contributed by atoms with E-state index in [1.807, 2.05) is 30.3 Å². The summed E-state index contributed by atoms with van der Waals surface area (Å²) in [5, 5.41) is 3.20. The molecule has 100 valence electrons. The van der Waals surface area contributed by atoms with Crippen molar-refractivity contribution in [3.05, 3.63) is 59.9 Å². The van der Waals surface area contributed by atoms with Gasteiger partial charge in [-0.3, -0.25) is 0 Å². The zero-order valence-electron chi connectivity index (χ0n) is 11.0. The summed E-state index contributed by atoms with van der Waals surface area (Å²) < 4.78 is 19.6. The first-order valence-electron chi connectivity index (χ1n) is 6.52. The van der Waals surface area contributed by atoms with Crippen molar-refractivity contribution in [3.63, 3.8) is 0 Å². The van der Waals surface area contributed by atoms with Gasteiger partial charge in [0.25, 0.3) is 0 Å². The van der Waals surface area contributed by atoms with E-state index in [0.717, 1.165) is 13.0 Å². The standard InChI is InChI=1S/C16H18FNO/c1-2-11-18-12-14-15(17)9-6-10-16(14)19-13-7-4-3-5-8-13/h3-10,18H,2,11-12H2,1H3. The summed E-state index contributed by atoms with van der Waals surface area (Å²) in [5.74, 6) is 1.04. The molecule has 0 amide bonds. The number of rotatable bonds is 6.